The van der Waals surface area contributed by atoms with Gasteiger partial charge >= 0.3 is 5.88 Å². The number of benzene rings is 1. The van der Waals surface area contributed by atoms with Gasteiger partial charge in [0.2, 0.25) is 11.7 Å². The molecule has 32 heavy (non-hydrogen) atoms. The summed E-state index contributed by atoms with van der Waals surface area (Å²) in [5.74, 6) is 1.27. The molecule has 2 aromatic rings. The first-order valence-corrected chi connectivity index (χ1v) is 12.1. The molecule has 1 aliphatic carbocycles. The minimum absolute atomic E-state index is 0.0440. The van der Waals surface area contributed by atoms with Crippen LogP contribution in [-0.2, 0) is 23.9 Å². The van der Waals surface area contributed by atoms with Gasteiger partial charge in [0.15, 0.2) is 11.6 Å². The minimum Gasteiger partial charge on any atom is -0.363 e. The van der Waals surface area contributed by atoms with Crippen LogP contribution in [0.3, 0.4) is 0 Å². The van der Waals surface area contributed by atoms with Gasteiger partial charge in [-0.2, -0.15) is 8.42 Å². The predicted octanol–water partition coefficient (Wildman–Crippen LogP) is 2.54. The molecule has 0 spiro atoms. The summed E-state index contributed by atoms with van der Waals surface area (Å²) in [5.41, 5.74) is 0.547. The normalized spacial score (nSPS) is 21.2. The highest BCUT2D eigenvalue weighted by Crippen LogP contribution is 2.32. The zero-order valence-corrected chi connectivity index (χ0v) is 19.0. The Morgan fingerprint density at radius 1 is 1.28 bits per heavy atom. The Labute approximate surface area is 190 Å². The molecule has 14 heteroatoms. The van der Waals surface area contributed by atoms with Crippen molar-refractivity contribution in [1.29, 1.82) is 0 Å². The highest BCUT2D eigenvalue weighted by Gasteiger charge is 2.35. The van der Waals surface area contributed by atoms with Crippen molar-refractivity contribution < 1.29 is 31.3 Å². The van der Waals surface area contributed by atoms with Crippen LogP contribution in [0.1, 0.15) is 31.4 Å². The van der Waals surface area contributed by atoms with Gasteiger partial charge in [0, 0.05) is 6.04 Å². The van der Waals surface area contributed by atoms with E-state index in [4.69, 9.17) is 13.6 Å². The topological polar surface area (TPSA) is 136 Å². The van der Waals surface area contributed by atoms with Crippen molar-refractivity contribution in [2.24, 2.45) is 5.16 Å². The number of nitrogens with zero attached hydrogens (tertiary/aromatic N) is 4. The van der Waals surface area contributed by atoms with Crippen LogP contribution in [-0.4, -0.2) is 48.9 Å². The third-order valence-corrected chi connectivity index (χ3v) is 6.14. The van der Waals surface area contributed by atoms with Crippen molar-refractivity contribution in [3.8, 4) is 0 Å². The highest BCUT2D eigenvalue weighted by atomic mass is 79.9. The third kappa shape index (κ3) is 4.83. The van der Waals surface area contributed by atoms with E-state index in [2.05, 4.69) is 36.7 Å². The van der Waals surface area contributed by atoms with E-state index in [-0.39, 0.29) is 39.8 Å². The minimum atomic E-state index is -3.51. The predicted molar refractivity (Wildman–Crippen MR) is 113 cm³/mol. The van der Waals surface area contributed by atoms with Crippen LogP contribution in [0.5, 0.6) is 0 Å². The number of aromatic nitrogens is 2. The second kappa shape index (κ2) is 8.98. The zero-order chi connectivity index (χ0) is 22.9. The van der Waals surface area contributed by atoms with Crippen LogP contribution in [0.15, 0.2) is 38.3 Å². The fourth-order valence-corrected chi connectivity index (χ4v) is 4.57. The van der Waals surface area contributed by atoms with Gasteiger partial charge in [-0.15, -0.1) is 0 Å². The highest BCUT2D eigenvalue weighted by molar-refractivity contribution is 9.10. The fraction of sp³-hybridized carbons (Fsp3) is 0.389. The van der Waals surface area contributed by atoms with Gasteiger partial charge in [-0.1, -0.05) is 5.16 Å². The monoisotopic (exact) mass is 529 g/mol. The number of nitrogens with one attached hydrogen (secondary N) is 1. The maximum absolute atomic E-state index is 13.7. The number of amidine groups is 1. The van der Waals surface area contributed by atoms with Crippen molar-refractivity contribution >= 4 is 49.3 Å². The standard InChI is InChI=1S/C18H17BrFN5O6S/c1-32(27,28)30-12-5-2-10(3-6-12)21-17-16(22-31-23-17)18-24-29-15(9-26)25(18)11-4-7-14(20)13(19)8-11/h4,7-8,10,12H,2-3,5-6H2,1H3,(H,21,23). The molecule has 0 unspecified atom stereocenters. The first kappa shape index (κ1) is 22.4. The molecular weight excluding hydrogens is 513 g/mol. The Balaban J connectivity index is 1.52. The number of anilines is 2. The maximum atomic E-state index is 13.7. The van der Waals surface area contributed by atoms with Gasteiger partial charge < -0.3 is 10.2 Å². The summed E-state index contributed by atoms with van der Waals surface area (Å²) in [6.07, 6.45) is 3.01. The summed E-state index contributed by atoms with van der Waals surface area (Å²) in [6.45, 7) is 0. The Kier molecular flexibility index (Phi) is 6.29. The second-order valence-electron chi connectivity index (χ2n) is 7.23. The van der Waals surface area contributed by atoms with Crippen LogP contribution in [0.25, 0.3) is 0 Å². The zero-order valence-electron chi connectivity index (χ0n) is 16.6. The lowest BCUT2D eigenvalue weighted by molar-refractivity contribution is 0.158. The molecule has 1 aliphatic heterocycles. The first-order valence-electron chi connectivity index (χ1n) is 9.48. The van der Waals surface area contributed by atoms with E-state index in [0.717, 1.165) is 6.26 Å². The summed E-state index contributed by atoms with van der Waals surface area (Å²) in [7, 11) is -3.51. The molecule has 2 aliphatic rings. The van der Waals surface area contributed by atoms with Gasteiger partial charge in [0.25, 0.3) is 10.1 Å². The summed E-state index contributed by atoms with van der Waals surface area (Å²) >= 11 is 3.11. The van der Waals surface area contributed by atoms with Crippen molar-refractivity contribution in [2.75, 3.05) is 16.5 Å². The fourth-order valence-electron chi connectivity index (χ4n) is 3.52. The molecule has 0 saturated heterocycles. The number of halogens is 2. The van der Waals surface area contributed by atoms with Gasteiger partial charge in [-0.05, 0) is 70.1 Å². The maximum Gasteiger partial charge on any atom is 0.320 e. The Bertz CT molecular complexity index is 1200. The van der Waals surface area contributed by atoms with Crippen molar-refractivity contribution in [1.82, 2.24) is 10.3 Å². The van der Waals surface area contributed by atoms with E-state index in [0.29, 0.717) is 31.4 Å². The van der Waals surface area contributed by atoms with Crippen LogP contribution in [0.2, 0.25) is 0 Å². The summed E-state index contributed by atoms with van der Waals surface area (Å²) in [6, 6.07) is 4.05. The largest absolute Gasteiger partial charge is 0.363 e. The second-order valence-corrected chi connectivity index (χ2v) is 9.68. The van der Waals surface area contributed by atoms with Crippen molar-refractivity contribution in [2.45, 2.75) is 37.8 Å². The molecule has 1 N–H and O–H groups in total. The third-order valence-electron chi connectivity index (χ3n) is 4.91. The lowest BCUT2D eigenvalue weighted by Gasteiger charge is -2.28. The lowest BCUT2D eigenvalue weighted by Crippen LogP contribution is -2.32. The molecule has 0 bridgehead atoms. The average molecular weight is 530 g/mol. The van der Waals surface area contributed by atoms with E-state index in [1.54, 1.807) is 5.94 Å². The quantitative estimate of drug-likeness (QED) is 0.438. The Morgan fingerprint density at radius 3 is 2.69 bits per heavy atom. The van der Waals surface area contributed by atoms with Gasteiger partial charge in [-0.25, -0.2) is 18.7 Å². The summed E-state index contributed by atoms with van der Waals surface area (Å²) in [4.78, 5) is 17.7. The first-order chi connectivity index (χ1) is 15.2. The Hall–Kier alpha value is -2.80. The summed E-state index contributed by atoms with van der Waals surface area (Å²) < 4.78 is 46.4. The SMILES string of the molecule is CS(=O)(=O)OC1CCC(Nc2nonc2C2=NOC(=C=O)N2c2ccc(F)c(Br)c2)CC1. The van der Waals surface area contributed by atoms with E-state index in [1.807, 2.05) is 0 Å². The van der Waals surface area contributed by atoms with E-state index >= 15 is 0 Å². The van der Waals surface area contributed by atoms with E-state index in [9.17, 15) is 17.6 Å². The van der Waals surface area contributed by atoms with Gasteiger partial charge in [-0.3, -0.25) is 4.18 Å². The Morgan fingerprint density at radius 2 is 2.03 bits per heavy atom. The smallest absolute Gasteiger partial charge is 0.320 e. The van der Waals surface area contributed by atoms with Crippen LogP contribution in [0.4, 0.5) is 15.9 Å². The van der Waals surface area contributed by atoms with Gasteiger partial charge in [0.05, 0.1) is 22.5 Å². The molecular formula is C18H17BrFN5O6S. The van der Waals surface area contributed by atoms with Gasteiger partial charge in [0.1, 0.15) is 5.82 Å². The van der Waals surface area contributed by atoms with Crippen LogP contribution >= 0.6 is 15.9 Å². The van der Waals surface area contributed by atoms with Crippen molar-refractivity contribution in [3.05, 3.63) is 40.1 Å². The number of rotatable bonds is 6. The molecule has 1 aromatic heterocycles. The molecule has 11 nitrogen and oxygen atoms in total. The molecule has 170 valence electrons. The van der Waals surface area contributed by atoms with Crippen molar-refractivity contribution in [3.63, 3.8) is 0 Å². The van der Waals surface area contributed by atoms with E-state index in [1.165, 1.54) is 23.1 Å². The average Bonchev–Trinajstić information content (AvgIpc) is 3.36. The number of hydrogen-bond donors (Lipinski definition) is 1. The lowest BCUT2D eigenvalue weighted by atomic mass is 9.93. The molecule has 4 rings (SSSR count). The molecule has 1 saturated carbocycles. The van der Waals surface area contributed by atoms with Crippen LogP contribution in [0, 0.1) is 5.82 Å². The molecule has 1 aromatic carbocycles. The molecule has 1 fully saturated rings. The molecule has 0 radical (unpaired) electrons. The molecule has 2 heterocycles. The van der Waals surface area contributed by atoms with Crippen LogP contribution < -0.4 is 10.2 Å². The summed E-state index contributed by atoms with van der Waals surface area (Å²) in [5, 5.41) is 14.9. The molecule has 0 amide bonds. The number of hydrogen-bond acceptors (Lipinski definition) is 11. The molecule has 0 atom stereocenters. The number of carbonyl (C=O) groups excluding carboxylic acids is 1. The van der Waals surface area contributed by atoms with E-state index < -0.39 is 15.9 Å². The number of oxime groups is 1.